The summed E-state index contributed by atoms with van der Waals surface area (Å²) >= 11 is 7.52. The van der Waals surface area contributed by atoms with E-state index in [-0.39, 0.29) is 23.7 Å². The summed E-state index contributed by atoms with van der Waals surface area (Å²) in [6.07, 6.45) is 2.79. The first-order chi connectivity index (χ1) is 14.0. The van der Waals surface area contributed by atoms with Gasteiger partial charge in [0.2, 0.25) is 0 Å². The number of nitrogens with zero attached hydrogens (tertiary/aromatic N) is 1. The van der Waals surface area contributed by atoms with E-state index >= 15 is 0 Å². The number of carbonyl (C=O) groups excluding carboxylic acids is 2. The second kappa shape index (κ2) is 9.98. The molecule has 0 aliphatic carbocycles. The van der Waals surface area contributed by atoms with Crippen LogP contribution in [0.15, 0.2) is 36.4 Å². The highest BCUT2D eigenvalue weighted by Gasteiger charge is 2.41. The number of hydrogen-bond donors (Lipinski definition) is 2. The summed E-state index contributed by atoms with van der Waals surface area (Å²) in [6.45, 7) is 1.34. The number of rotatable bonds is 7. The van der Waals surface area contributed by atoms with Gasteiger partial charge in [-0.1, -0.05) is 23.7 Å². The lowest BCUT2D eigenvalue weighted by atomic mass is 9.89. The summed E-state index contributed by atoms with van der Waals surface area (Å²) in [5.41, 5.74) is 0.906. The van der Waals surface area contributed by atoms with Crippen LogP contribution in [0.3, 0.4) is 0 Å². The summed E-state index contributed by atoms with van der Waals surface area (Å²) in [5.74, 6) is -0.731. The van der Waals surface area contributed by atoms with Crippen LogP contribution in [0.25, 0.3) is 0 Å². The number of aryl methyl sites for hydroxylation is 1. The number of carbonyl (C=O) groups is 2. The van der Waals surface area contributed by atoms with Crippen LogP contribution in [0.5, 0.6) is 5.75 Å². The molecule has 1 aliphatic heterocycles. The number of benzene rings is 1. The first kappa shape index (κ1) is 21.5. The highest BCUT2D eigenvalue weighted by Crippen LogP contribution is 2.34. The third kappa shape index (κ3) is 5.64. The molecule has 3 rings (SSSR count). The second-order valence-corrected chi connectivity index (χ2v) is 8.93. The van der Waals surface area contributed by atoms with Gasteiger partial charge in [0.15, 0.2) is 0 Å². The van der Waals surface area contributed by atoms with Gasteiger partial charge in [-0.15, -0.1) is 11.3 Å². The molecule has 2 aromatic rings. The number of ether oxygens (including phenoxy) is 1. The van der Waals surface area contributed by atoms with Crippen LogP contribution in [-0.4, -0.2) is 48.8 Å². The molecular weight excluding hydrogens is 412 g/mol. The molecule has 0 unspecified atom stereocenters. The molecule has 1 aromatic carbocycles. The maximum Gasteiger partial charge on any atom is 0.317 e. The van der Waals surface area contributed by atoms with Crippen LogP contribution in [0.2, 0.25) is 4.34 Å². The molecule has 2 atom stereocenters. The van der Waals surface area contributed by atoms with E-state index in [4.69, 9.17) is 16.3 Å². The van der Waals surface area contributed by atoms with Crippen molar-refractivity contribution in [2.24, 2.45) is 5.92 Å². The van der Waals surface area contributed by atoms with E-state index in [9.17, 15) is 14.7 Å². The molecule has 2 N–H and O–H groups in total. The van der Waals surface area contributed by atoms with Gasteiger partial charge in [0.25, 0.3) is 0 Å². The van der Waals surface area contributed by atoms with Crippen molar-refractivity contribution in [1.82, 2.24) is 10.2 Å². The van der Waals surface area contributed by atoms with E-state index in [1.165, 1.54) is 12.0 Å². The minimum atomic E-state index is -0.418. The zero-order valence-electron chi connectivity index (χ0n) is 16.3. The molecule has 0 radical (unpaired) electrons. The molecule has 0 saturated carbocycles. The largest absolute Gasteiger partial charge is 0.508 e. The van der Waals surface area contributed by atoms with Gasteiger partial charge in [-0.25, -0.2) is 4.79 Å². The topological polar surface area (TPSA) is 78.9 Å². The van der Waals surface area contributed by atoms with E-state index in [0.717, 1.165) is 29.2 Å². The molecule has 2 heterocycles. The number of methoxy groups -OCH3 is 1. The maximum atomic E-state index is 12.6. The van der Waals surface area contributed by atoms with E-state index in [1.54, 1.807) is 40.5 Å². The number of aromatic hydroxyl groups is 1. The predicted octanol–water partition coefficient (Wildman–Crippen LogP) is 4.03. The normalized spacial score (nSPS) is 18.6. The van der Waals surface area contributed by atoms with Crippen molar-refractivity contribution in [3.63, 3.8) is 0 Å². The van der Waals surface area contributed by atoms with E-state index in [2.05, 4.69) is 5.32 Å². The summed E-state index contributed by atoms with van der Waals surface area (Å²) in [7, 11) is 1.36. The zero-order chi connectivity index (χ0) is 20.8. The van der Waals surface area contributed by atoms with Gasteiger partial charge in [0.1, 0.15) is 5.75 Å². The Balaban J connectivity index is 1.50. The monoisotopic (exact) mass is 436 g/mol. The van der Waals surface area contributed by atoms with Crippen LogP contribution in [-0.2, 0) is 16.0 Å². The van der Waals surface area contributed by atoms with Crippen molar-refractivity contribution >= 4 is 34.9 Å². The molecule has 156 valence electrons. The first-order valence-corrected chi connectivity index (χ1v) is 10.8. The molecule has 6 nitrogen and oxygen atoms in total. The number of halogens is 1. The molecule has 8 heteroatoms. The molecule has 1 saturated heterocycles. The third-order valence-corrected chi connectivity index (χ3v) is 6.48. The SMILES string of the molecule is COC(=O)[C@@H]1CN(C(=O)NCCCCc2ccc(Cl)s2)C[C@H]1c1ccc(O)cc1. The van der Waals surface area contributed by atoms with Crippen molar-refractivity contribution in [3.8, 4) is 5.75 Å². The number of urea groups is 1. The Morgan fingerprint density at radius 2 is 1.97 bits per heavy atom. The molecule has 29 heavy (non-hydrogen) atoms. The lowest BCUT2D eigenvalue weighted by Gasteiger charge is -2.17. The Morgan fingerprint density at radius 1 is 1.21 bits per heavy atom. The zero-order valence-corrected chi connectivity index (χ0v) is 17.8. The van der Waals surface area contributed by atoms with Crippen LogP contribution >= 0.6 is 22.9 Å². The van der Waals surface area contributed by atoms with Crippen molar-refractivity contribution in [3.05, 3.63) is 51.2 Å². The van der Waals surface area contributed by atoms with Crippen LogP contribution in [0.4, 0.5) is 4.79 Å². The van der Waals surface area contributed by atoms with Gasteiger partial charge in [0.05, 0.1) is 17.4 Å². The van der Waals surface area contributed by atoms with Crippen LogP contribution in [0.1, 0.15) is 29.2 Å². The Labute approximate surface area is 179 Å². The number of hydrogen-bond acceptors (Lipinski definition) is 5. The number of thiophene rings is 1. The van der Waals surface area contributed by atoms with Crippen molar-refractivity contribution < 1.29 is 19.4 Å². The Morgan fingerprint density at radius 3 is 2.62 bits per heavy atom. The highest BCUT2D eigenvalue weighted by molar-refractivity contribution is 7.16. The number of likely N-dealkylation sites (tertiary alicyclic amines) is 1. The number of esters is 1. The molecule has 1 fully saturated rings. The highest BCUT2D eigenvalue weighted by atomic mass is 35.5. The van der Waals surface area contributed by atoms with Crippen LogP contribution < -0.4 is 5.32 Å². The molecule has 0 bridgehead atoms. The predicted molar refractivity (Wildman–Crippen MR) is 114 cm³/mol. The fraction of sp³-hybridized carbons (Fsp3) is 0.429. The van der Waals surface area contributed by atoms with Gasteiger partial charge in [0, 0.05) is 30.4 Å². The third-order valence-electron chi connectivity index (χ3n) is 5.19. The smallest absolute Gasteiger partial charge is 0.317 e. The van der Waals surface area contributed by atoms with Gasteiger partial charge >= 0.3 is 12.0 Å². The first-order valence-electron chi connectivity index (χ1n) is 9.61. The fourth-order valence-electron chi connectivity index (χ4n) is 3.64. The lowest BCUT2D eigenvalue weighted by molar-refractivity contribution is -0.145. The number of phenolic OH excluding ortho intramolecular Hbond substituents is 1. The average molecular weight is 437 g/mol. The Bertz CT molecular complexity index is 839. The molecular formula is C21H25ClN2O4S. The molecule has 1 aliphatic rings. The van der Waals surface area contributed by atoms with Gasteiger partial charge in [-0.3, -0.25) is 4.79 Å². The van der Waals surface area contributed by atoms with Crippen molar-refractivity contribution in [1.29, 1.82) is 0 Å². The molecule has 2 amide bonds. The Kier molecular flexibility index (Phi) is 7.39. The molecule has 0 spiro atoms. The minimum Gasteiger partial charge on any atom is -0.508 e. The molecule has 1 aromatic heterocycles. The van der Waals surface area contributed by atoms with Crippen LogP contribution in [0, 0.1) is 5.92 Å². The number of unbranched alkanes of at least 4 members (excludes halogenated alkanes) is 1. The summed E-state index contributed by atoms with van der Waals surface area (Å²) in [5, 5.41) is 12.5. The van der Waals surface area contributed by atoms with E-state index < -0.39 is 5.92 Å². The number of phenols is 1. The summed E-state index contributed by atoms with van der Waals surface area (Å²) in [4.78, 5) is 27.7. The van der Waals surface area contributed by atoms with Crippen molar-refractivity contribution in [2.45, 2.75) is 25.2 Å². The summed E-state index contributed by atoms with van der Waals surface area (Å²) in [6, 6.07) is 10.5. The fourth-order valence-corrected chi connectivity index (χ4v) is 4.77. The maximum absolute atomic E-state index is 12.6. The number of amides is 2. The van der Waals surface area contributed by atoms with Gasteiger partial charge in [-0.05, 0) is 49.1 Å². The Hall–Kier alpha value is -2.25. The summed E-state index contributed by atoms with van der Waals surface area (Å²) < 4.78 is 5.74. The van der Waals surface area contributed by atoms with Crippen molar-refractivity contribution in [2.75, 3.05) is 26.7 Å². The lowest BCUT2D eigenvalue weighted by Crippen LogP contribution is -2.39. The number of nitrogens with one attached hydrogen (secondary N) is 1. The van der Waals surface area contributed by atoms with Gasteiger partial charge in [-0.2, -0.15) is 0 Å². The average Bonchev–Trinajstić information content (AvgIpc) is 3.34. The quantitative estimate of drug-likeness (QED) is 0.507. The van der Waals surface area contributed by atoms with E-state index in [0.29, 0.717) is 19.6 Å². The second-order valence-electron chi connectivity index (χ2n) is 7.13. The van der Waals surface area contributed by atoms with Gasteiger partial charge < -0.3 is 20.1 Å². The minimum absolute atomic E-state index is 0.155. The van der Waals surface area contributed by atoms with E-state index in [1.807, 2.05) is 12.1 Å². The standard InChI is InChI=1S/C21H25ClN2O4S/c1-28-20(26)18-13-24(12-17(18)14-5-7-15(25)8-6-14)21(27)23-11-3-2-4-16-9-10-19(22)29-16/h5-10,17-18,25H,2-4,11-13H2,1H3,(H,23,27)/t17-,18+/m0/s1.